The van der Waals surface area contributed by atoms with Gasteiger partial charge in [-0.2, -0.15) is 0 Å². The van der Waals surface area contributed by atoms with E-state index in [2.05, 4.69) is 13.8 Å². The Morgan fingerprint density at radius 1 is 1.29 bits per heavy atom. The number of unbranched alkanes of at least 4 members (excludes halogenated alkanes) is 1. The van der Waals surface area contributed by atoms with Crippen LogP contribution >= 0.6 is 0 Å². The Balaban J connectivity index is 1.77. The van der Waals surface area contributed by atoms with E-state index in [1.54, 1.807) is 0 Å². The normalized spacial score (nSPS) is 35.1. The second-order valence-corrected chi connectivity index (χ2v) is 5.99. The third-order valence-electron chi connectivity index (χ3n) is 4.77. The Morgan fingerprint density at radius 2 is 2.12 bits per heavy atom. The quantitative estimate of drug-likeness (QED) is 0.738. The van der Waals surface area contributed by atoms with Crippen LogP contribution in [0.15, 0.2) is 0 Å². The summed E-state index contributed by atoms with van der Waals surface area (Å²) in [6.07, 6.45) is 10.3. The van der Waals surface area contributed by atoms with Crippen LogP contribution in [-0.4, -0.2) is 23.4 Å². The highest BCUT2D eigenvalue weighted by Crippen LogP contribution is 2.41. The molecule has 0 aromatic carbocycles. The third kappa shape index (κ3) is 3.23. The number of aliphatic hydroxyl groups is 1. The van der Waals surface area contributed by atoms with Gasteiger partial charge in [0.05, 0.1) is 18.3 Å². The molecule has 5 unspecified atom stereocenters. The van der Waals surface area contributed by atoms with Crippen LogP contribution in [0.5, 0.6) is 0 Å². The molecule has 2 aliphatic heterocycles. The molecule has 2 nitrogen and oxygen atoms in total. The largest absolute Gasteiger partial charge is 0.393 e. The smallest absolute Gasteiger partial charge is 0.0633 e. The molecule has 17 heavy (non-hydrogen) atoms. The lowest BCUT2D eigenvalue weighted by Gasteiger charge is -2.27. The van der Waals surface area contributed by atoms with Crippen LogP contribution in [0.3, 0.4) is 0 Å². The Kier molecular flexibility index (Phi) is 4.87. The molecular weight excluding hydrogens is 212 g/mol. The molecule has 1 N–H and O–H groups in total. The maximum atomic E-state index is 10.4. The van der Waals surface area contributed by atoms with Crippen molar-refractivity contribution in [2.75, 3.05) is 0 Å². The van der Waals surface area contributed by atoms with Crippen molar-refractivity contribution in [1.82, 2.24) is 0 Å². The maximum absolute atomic E-state index is 10.4. The zero-order valence-corrected chi connectivity index (χ0v) is 11.4. The molecule has 0 radical (unpaired) electrons. The first-order valence-electron chi connectivity index (χ1n) is 7.58. The van der Waals surface area contributed by atoms with Gasteiger partial charge in [0.15, 0.2) is 0 Å². The maximum Gasteiger partial charge on any atom is 0.0633 e. The van der Waals surface area contributed by atoms with Crippen LogP contribution in [0.25, 0.3) is 0 Å². The summed E-state index contributed by atoms with van der Waals surface area (Å²) in [7, 11) is 0. The fourth-order valence-electron chi connectivity index (χ4n) is 3.58. The molecule has 0 aliphatic carbocycles. The van der Waals surface area contributed by atoms with Crippen molar-refractivity contribution < 1.29 is 9.84 Å². The van der Waals surface area contributed by atoms with E-state index in [9.17, 15) is 5.11 Å². The lowest BCUT2D eigenvalue weighted by atomic mass is 9.80. The van der Waals surface area contributed by atoms with E-state index in [-0.39, 0.29) is 6.10 Å². The standard InChI is InChI=1S/C15H28O2/c1-3-5-6-11(4-2)9-14(16)13-10-12-7-8-15(13)17-12/h11-16H,3-10H2,1-2H3. The molecule has 2 heterocycles. The molecule has 2 bridgehead atoms. The molecule has 5 atom stereocenters. The minimum atomic E-state index is -0.118. The molecule has 0 spiro atoms. The van der Waals surface area contributed by atoms with Gasteiger partial charge < -0.3 is 9.84 Å². The van der Waals surface area contributed by atoms with E-state index >= 15 is 0 Å². The van der Waals surface area contributed by atoms with E-state index in [1.165, 1.54) is 38.5 Å². The lowest BCUT2D eigenvalue weighted by molar-refractivity contribution is 0.0293. The van der Waals surface area contributed by atoms with Gasteiger partial charge in [0.2, 0.25) is 0 Å². The Bertz CT molecular complexity index is 229. The van der Waals surface area contributed by atoms with Gasteiger partial charge in [-0.05, 0) is 31.6 Å². The summed E-state index contributed by atoms with van der Waals surface area (Å²) in [4.78, 5) is 0. The highest BCUT2D eigenvalue weighted by atomic mass is 16.5. The van der Waals surface area contributed by atoms with Crippen molar-refractivity contribution in [3.05, 3.63) is 0 Å². The zero-order valence-electron chi connectivity index (χ0n) is 11.4. The van der Waals surface area contributed by atoms with E-state index < -0.39 is 0 Å². The Morgan fingerprint density at radius 3 is 2.65 bits per heavy atom. The highest BCUT2D eigenvalue weighted by Gasteiger charge is 2.44. The van der Waals surface area contributed by atoms with E-state index in [0.717, 1.165) is 12.8 Å². The van der Waals surface area contributed by atoms with Gasteiger partial charge in [-0.1, -0.05) is 39.5 Å². The van der Waals surface area contributed by atoms with Gasteiger partial charge in [-0.15, -0.1) is 0 Å². The van der Waals surface area contributed by atoms with Crippen molar-refractivity contribution in [3.63, 3.8) is 0 Å². The summed E-state index contributed by atoms with van der Waals surface area (Å²) < 4.78 is 5.84. The molecule has 2 saturated heterocycles. The van der Waals surface area contributed by atoms with Gasteiger partial charge in [0, 0.05) is 5.92 Å². The predicted octanol–water partition coefficient (Wildman–Crippen LogP) is 3.52. The lowest BCUT2D eigenvalue weighted by Crippen LogP contribution is -2.31. The Labute approximate surface area is 106 Å². The minimum Gasteiger partial charge on any atom is -0.393 e. The highest BCUT2D eigenvalue weighted by molar-refractivity contribution is 4.93. The molecule has 100 valence electrons. The average molecular weight is 240 g/mol. The van der Waals surface area contributed by atoms with Crippen LogP contribution in [-0.2, 0) is 4.74 Å². The number of ether oxygens (including phenoxy) is 1. The number of aliphatic hydroxyl groups excluding tert-OH is 1. The van der Waals surface area contributed by atoms with Gasteiger partial charge in [0.1, 0.15) is 0 Å². The van der Waals surface area contributed by atoms with Crippen molar-refractivity contribution in [2.24, 2.45) is 11.8 Å². The monoisotopic (exact) mass is 240 g/mol. The van der Waals surface area contributed by atoms with E-state index in [1.807, 2.05) is 0 Å². The summed E-state index contributed by atoms with van der Waals surface area (Å²) in [6, 6.07) is 0. The fraction of sp³-hybridized carbons (Fsp3) is 1.00. The summed E-state index contributed by atoms with van der Waals surface area (Å²) in [5.74, 6) is 1.15. The van der Waals surface area contributed by atoms with Crippen LogP contribution in [0, 0.1) is 11.8 Å². The first kappa shape index (κ1) is 13.4. The van der Waals surface area contributed by atoms with Crippen LogP contribution in [0.4, 0.5) is 0 Å². The third-order valence-corrected chi connectivity index (χ3v) is 4.77. The average Bonchev–Trinajstić information content (AvgIpc) is 2.96. The fourth-order valence-corrected chi connectivity index (χ4v) is 3.58. The van der Waals surface area contributed by atoms with Crippen LogP contribution in [0.2, 0.25) is 0 Å². The number of rotatable bonds is 7. The number of fused-ring (bicyclic) bond motifs is 2. The second-order valence-electron chi connectivity index (χ2n) is 5.99. The van der Waals surface area contributed by atoms with Gasteiger partial charge >= 0.3 is 0 Å². The SMILES string of the molecule is CCCCC(CC)CC(O)C1CC2CCC1O2. The predicted molar refractivity (Wildman–Crippen MR) is 69.9 cm³/mol. The minimum absolute atomic E-state index is 0.118. The second kappa shape index (κ2) is 6.19. The molecule has 2 heteroatoms. The topological polar surface area (TPSA) is 29.5 Å². The summed E-state index contributed by atoms with van der Waals surface area (Å²) in [5, 5.41) is 10.4. The number of hydrogen-bond acceptors (Lipinski definition) is 2. The van der Waals surface area contributed by atoms with Crippen molar-refractivity contribution in [3.8, 4) is 0 Å². The first-order chi connectivity index (χ1) is 8.24. The van der Waals surface area contributed by atoms with Crippen molar-refractivity contribution >= 4 is 0 Å². The van der Waals surface area contributed by atoms with Gasteiger partial charge in [-0.3, -0.25) is 0 Å². The van der Waals surface area contributed by atoms with E-state index in [0.29, 0.717) is 24.0 Å². The van der Waals surface area contributed by atoms with Crippen molar-refractivity contribution in [2.45, 2.75) is 83.5 Å². The molecular formula is C15H28O2. The van der Waals surface area contributed by atoms with Crippen LogP contribution in [0.1, 0.15) is 65.2 Å². The summed E-state index contributed by atoms with van der Waals surface area (Å²) >= 11 is 0. The van der Waals surface area contributed by atoms with Crippen molar-refractivity contribution in [1.29, 1.82) is 0 Å². The molecule has 0 saturated carbocycles. The molecule has 2 rings (SSSR count). The molecule has 2 aliphatic rings. The van der Waals surface area contributed by atoms with Crippen LogP contribution < -0.4 is 0 Å². The zero-order chi connectivity index (χ0) is 12.3. The molecule has 0 aromatic rings. The van der Waals surface area contributed by atoms with Gasteiger partial charge in [0.25, 0.3) is 0 Å². The summed E-state index contributed by atoms with van der Waals surface area (Å²) in [6.45, 7) is 4.50. The molecule has 0 amide bonds. The Hall–Kier alpha value is -0.0800. The first-order valence-corrected chi connectivity index (χ1v) is 7.58. The summed E-state index contributed by atoms with van der Waals surface area (Å²) in [5.41, 5.74) is 0. The molecule has 2 fully saturated rings. The molecule has 0 aromatic heterocycles. The number of hydrogen-bond donors (Lipinski definition) is 1. The van der Waals surface area contributed by atoms with E-state index in [4.69, 9.17) is 4.74 Å². The van der Waals surface area contributed by atoms with Gasteiger partial charge in [-0.25, -0.2) is 0 Å².